The van der Waals surface area contributed by atoms with E-state index in [1.165, 1.54) is 36.4 Å². The third-order valence-corrected chi connectivity index (χ3v) is 3.88. The Kier molecular flexibility index (Phi) is 3.86. The summed E-state index contributed by atoms with van der Waals surface area (Å²) in [6.07, 6.45) is 1.12. The number of nitrogens with two attached hydrogens (primary N) is 2. The Morgan fingerprint density at radius 3 is 2.24 bits per heavy atom. The van der Waals surface area contributed by atoms with E-state index in [9.17, 15) is 13.2 Å². The summed E-state index contributed by atoms with van der Waals surface area (Å²) in [5, 5.41) is 0. The maximum Gasteiger partial charge on any atom is 0.252 e. The molecule has 1 amide bonds. The number of primary amides is 1. The fraction of sp³-hybridized carbons (Fsp3) is 0.0714. The van der Waals surface area contributed by atoms with Crippen molar-refractivity contribution in [1.29, 1.82) is 0 Å². The van der Waals surface area contributed by atoms with Crippen LogP contribution in [0.4, 0.5) is 5.69 Å². The van der Waals surface area contributed by atoms with Gasteiger partial charge in [-0.15, -0.1) is 0 Å². The number of sulfone groups is 1. The van der Waals surface area contributed by atoms with Gasteiger partial charge in [0.05, 0.1) is 10.5 Å². The van der Waals surface area contributed by atoms with Crippen LogP contribution in [-0.4, -0.2) is 20.6 Å². The minimum absolute atomic E-state index is 0.178. The van der Waals surface area contributed by atoms with Gasteiger partial charge >= 0.3 is 0 Å². The quantitative estimate of drug-likeness (QED) is 0.832. The first kappa shape index (κ1) is 14.9. The van der Waals surface area contributed by atoms with Gasteiger partial charge in [-0.3, -0.25) is 4.79 Å². The van der Waals surface area contributed by atoms with Gasteiger partial charge in [0.2, 0.25) is 0 Å². The molecule has 0 atom stereocenters. The van der Waals surface area contributed by atoms with Crippen molar-refractivity contribution < 1.29 is 17.9 Å². The number of nitrogen functional groups attached to an aromatic ring is 1. The molecule has 0 bridgehead atoms. The van der Waals surface area contributed by atoms with E-state index in [2.05, 4.69) is 0 Å². The molecular weight excluding hydrogens is 292 g/mol. The molecule has 6 nitrogen and oxygen atoms in total. The second kappa shape index (κ2) is 5.45. The van der Waals surface area contributed by atoms with Gasteiger partial charge in [-0.05, 0) is 36.4 Å². The number of hydrogen-bond donors (Lipinski definition) is 2. The molecule has 0 radical (unpaired) electrons. The Bertz CT molecular complexity index is 783. The predicted molar refractivity (Wildman–Crippen MR) is 79.0 cm³/mol. The van der Waals surface area contributed by atoms with Gasteiger partial charge in [-0.1, -0.05) is 0 Å². The fourth-order valence-electron chi connectivity index (χ4n) is 1.71. The van der Waals surface area contributed by atoms with Crippen LogP contribution in [0.25, 0.3) is 0 Å². The number of amides is 1. The van der Waals surface area contributed by atoms with Crippen molar-refractivity contribution >= 4 is 21.4 Å². The van der Waals surface area contributed by atoms with Crippen molar-refractivity contribution in [1.82, 2.24) is 0 Å². The summed E-state index contributed by atoms with van der Waals surface area (Å²) in [7, 11) is -3.27. The van der Waals surface area contributed by atoms with Crippen LogP contribution in [0.5, 0.6) is 11.5 Å². The molecule has 4 N–H and O–H groups in total. The normalized spacial score (nSPS) is 11.1. The summed E-state index contributed by atoms with van der Waals surface area (Å²) in [4.78, 5) is 11.5. The topological polar surface area (TPSA) is 112 Å². The molecular formula is C14H14N2O4S. The standard InChI is InChI=1S/C14H14N2O4S/c1-21(18,19)11-5-3-10(4-6-11)20-13-8-9(15)2-7-12(13)14(16)17/h2-8H,15H2,1H3,(H2,16,17). The second-order valence-corrected chi connectivity index (χ2v) is 6.48. The van der Waals surface area contributed by atoms with E-state index < -0.39 is 15.7 Å². The number of anilines is 1. The van der Waals surface area contributed by atoms with Gasteiger partial charge in [0.15, 0.2) is 9.84 Å². The van der Waals surface area contributed by atoms with E-state index in [4.69, 9.17) is 16.2 Å². The van der Waals surface area contributed by atoms with E-state index >= 15 is 0 Å². The van der Waals surface area contributed by atoms with Crippen molar-refractivity contribution in [2.45, 2.75) is 4.90 Å². The van der Waals surface area contributed by atoms with Crippen molar-refractivity contribution in [3.63, 3.8) is 0 Å². The van der Waals surface area contributed by atoms with Gasteiger partial charge in [0.1, 0.15) is 11.5 Å². The van der Waals surface area contributed by atoms with Gasteiger partial charge < -0.3 is 16.2 Å². The van der Waals surface area contributed by atoms with E-state index in [0.29, 0.717) is 11.4 Å². The van der Waals surface area contributed by atoms with E-state index in [1.54, 1.807) is 6.07 Å². The van der Waals surface area contributed by atoms with E-state index in [-0.39, 0.29) is 16.2 Å². The molecule has 0 aliphatic carbocycles. The molecule has 7 heteroatoms. The van der Waals surface area contributed by atoms with Gasteiger partial charge in [0.25, 0.3) is 5.91 Å². The van der Waals surface area contributed by atoms with Crippen LogP contribution in [0, 0.1) is 0 Å². The second-order valence-electron chi connectivity index (χ2n) is 4.47. The lowest BCUT2D eigenvalue weighted by molar-refractivity contribution is 0.0998. The molecule has 0 saturated carbocycles. The average molecular weight is 306 g/mol. The van der Waals surface area contributed by atoms with Crippen LogP contribution in [0.15, 0.2) is 47.4 Å². The van der Waals surface area contributed by atoms with Crippen LogP contribution in [0.1, 0.15) is 10.4 Å². The number of benzene rings is 2. The zero-order valence-corrected chi connectivity index (χ0v) is 12.1. The van der Waals surface area contributed by atoms with Crippen molar-refractivity contribution in [2.24, 2.45) is 5.73 Å². The van der Waals surface area contributed by atoms with Crippen LogP contribution < -0.4 is 16.2 Å². The number of rotatable bonds is 4. The summed E-state index contributed by atoms with van der Waals surface area (Å²) in [6, 6.07) is 10.3. The summed E-state index contributed by atoms with van der Waals surface area (Å²) < 4.78 is 28.3. The van der Waals surface area contributed by atoms with Crippen molar-refractivity contribution in [2.75, 3.05) is 12.0 Å². The third kappa shape index (κ3) is 3.51. The predicted octanol–water partition coefficient (Wildman–Crippen LogP) is 1.56. The first-order valence-electron chi connectivity index (χ1n) is 5.94. The Hall–Kier alpha value is -2.54. The van der Waals surface area contributed by atoms with Crippen LogP contribution >= 0.6 is 0 Å². The highest BCUT2D eigenvalue weighted by Gasteiger charge is 2.12. The van der Waals surface area contributed by atoms with Crippen molar-refractivity contribution in [3.8, 4) is 11.5 Å². The first-order chi connectivity index (χ1) is 9.77. The zero-order chi connectivity index (χ0) is 15.6. The third-order valence-electron chi connectivity index (χ3n) is 2.75. The lowest BCUT2D eigenvalue weighted by Gasteiger charge is -2.10. The molecule has 0 unspecified atom stereocenters. The summed E-state index contributed by atoms with van der Waals surface area (Å²) in [5.74, 6) is -0.0529. The number of ether oxygens (including phenoxy) is 1. The molecule has 110 valence electrons. The lowest BCUT2D eigenvalue weighted by atomic mass is 10.1. The minimum Gasteiger partial charge on any atom is -0.456 e. The number of carbonyl (C=O) groups is 1. The van der Waals surface area contributed by atoms with E-state index in [0.717, 1.165) is 6.26 Å². The summed E-state index contributed by atoms with van der Waals surface area (Å²) in [5.41, 5.74) is 11.5. The van der Waals surface area contributed by atoms with E-state index in [1.807, 2.05) is 0 Å². The Labute approximate surface area is 122 Å². The van der Waals surface area contributed by atoms with Gasteiger partial charge in [-0.2, -0.15) is 0 Å². The zero-order valence-electron chi connectivity index (χ0n) is 11.2. The summed E-state index contributed by atoms with van der Waals surface area (Å²) >= 11 is 0. The summed E-state index contributed by atoms with van der Waals surface area (Å²) in [6.45, 7) is 0. The Morgan fingerprint density at radius 1 is 1.10 bits per heavy atom. The van der Waals surface area contributed by atoms with Crippen molar-refractivity contribution in [3.05, 3.63) is 48.0 Å². The van der Waals surface area contributed by atoms with Gasteiger partial charge in [0, 0.05) is 18.0 Å². The highest BCUT2D eigenvalue weighted by Crippen LogP contribution is 2.28. The Balaban J connectivity index is 2.34. The van der Waals surface area contributed by atoms with Crippen LogP contribution in [0.2, 0.25) is 0 Å². The fourth-order valence-corrected chi connectivity index (χ4v) is 2.34. The molecule has 0 aliphatic heterocycles. The molecule has 0 spiro atoms. The lowest BCUT2D eigenvalue weighted by Crippen LogP contribution is -2.12. The minimum atomic E-state index is -3.27. The highest BCUT2D eigenvalue weighted by molar-refractivity contribution is 7.90. The number of carbonyl (C=O) groups excluding carboxylic acids is 1. The molecule has 0 heterocycles. The molecule has 2 rings (SSSR count). The first-order valence-corrected chi connectivity index (χ1v) is 7.84. The maximum absolute atomic E-state index is 11.4. The maximum atomic E-state index is 11.4. The molecule has 0 aliphatic rings. The molecule has 2 aromatic carbocycles. The Morgan fingerprint density at radius 2 is 1.71 bits per heavy atom. The smallest absolute Gasteiger partial charge is 0.252 e. The van der Waals surface area contributed by atoms with Crippen LogP contribution in [0.3, 0.4) is 0 Å². The molecule has 0 fully saturated rings. The average Bonchev–Trinajstić information content (AvgIpc) is 2.38. The molecule has 0 saturated heterocycles. The molecule has 21 heavy (non-hydrogen) atoms. The molecule has 0 aromatic heterocycles. The SMILES string of the molecule is CS(=O)(=O)c1ccc(Oc2cc(N)ccc2C(N)=O)cc1. The highest BCUT2D eigenvalue weighted by atomic mass is 32.2. The monoisotopic (exact) mass is 306 g/mol. The van der Waals surface area contributed by atoms with Crippen LogP contribution in [-0.2, 0) is 9.84 Å². The molecule has 2 aromatic rings. The van der Waals surface area contributed by atoms with Gasteiger partial charge in [-0.25, -0.2) is 8.42 Å². The number of hydrogen-bond acceptors (Lipinski definition) is 5. The largest absolute Gasteiger partial charge is 0.456 e.